The van der Waals surface area contributed by atoms with Crippen LogP contribution in [0.2, 0.25) is 0 Å². The highest BCUT2D eigenvalue weighted by Gasteiger charge is 2.53. The van der Waals surface area contributed by atoms with E-state index in [1.807, 2.05) is 0 Å². The molecule has 3 saturated carbocycles. The van der Waals surface area contributed by atoms with Crippen molar-refractivity contribution in [3.63, 3.8) is 0 Å². The van der Waals surface area contributed by atoms with Crippen molar-refractivity contribution < 1.29 is 28.6 Å². The first kappa shape index (κ1) is 27.2. The second-order valence-electron chi connectivity index (χ2n) is 10.2. The van der Waals surface area contributed by atoms with Crippen LogP contribution >= 0.6 is 0 Å². The van der Waals surface area contributed by atoms with Crippen molar-refractivity contribution in [3.05, 3.63) is 64.9 Å². The molecule has 10 nitrogen and oxygen atoms in total. The summed E-state index contributed by atoms with van der Waals surface area (Å²) in [5, 5.41) is 16.3. The van der Waals surface area contributed by atoms with E-state index in [-0.39, 0.29) is 39.9 Å². The lowest BCUT2D eigenvalue weighted by Crippen LogP contribution is -2.50. The number of nitrogens with two attached hydrogens (primary N) is 1. The van der Waals surface area contributed by atoms with Crippen LogP contribution in [0.15, 0.2) is 36.5 Å². The molecular weight excluding hydrogens is 493 g/mol. The van der Waals surface area contributed by atoms with Gasteiger partial charge in [-0.25, -0.2) is 18.7 Å². The Morgan fingerprint density at radius 1 is 1.13 bits per heavy atom. The molecule has 1 aromatic carbocycles. The number of aryl methyl sites for hydroxylation is 1. The summed E-state index contributed by atoms with van der Waals surface area (Å²) in [7, 11) is 1.43. The number of hydrogen-bond acceptors (Lipinski definition) is 7. The van der Waals surface area contributed by atoms with Crippen LogP contribution in [-0.2, 0) is 16.1 Å². The molecule has 3 aliphatic rings. The zero-order valence-electron chi connectivity index (χ0n) is 21.5. The number of carboxylic acids is 1. The van der Waals surface area contributed by atoms with Gasteiger partial charge in [-0.1, -0.05) is 12.1 Å². The predicted molar refractivity (Wildman–Crippen MR) is 136 cm³/mol. The van der Waals surface area contributed by atoms with Crippen molar-refractivity contribution >= 4 is 23.5 Å². The first-order valence-electron chi connectivity index (χ1n) is 12.5. The number of amides is 1. The number of esters is 1. The SMILES string of the molecule is COC(=O)C12CCC(CNC(=O)c3cc(C(=O)O)nc4ccnn34)(CC1)CC2.Cc1cc(CN)ccc1F. The molecule has 0 spiro atoms. The van der Waals surface area contributed by atoms with Gasteiger partial charge in [0.05, 0.1) is 18.7 Å². The van der Waals surface area contributed by atoms with Crippen LogP contribution in [0.4, 0.5) is 4.39 Å². The smallest absolute Gasteiger partial charge is 0.354 e. The summed E-state index contributed by atoms with van der Waals surface area (Å²) in [5.41, 5.74) is 6.83. The van der Waals surface area contributed by atoms with E-state index >= 15 is 0 Å². The van der Waals surface area contributed by atoms with Gasteiger partial charge in [-0.15, -0.1) is 0 Å². The number of carbonyl (C=O) groups excluding carboxylic acids is 2. The molecule has 2 heterocycles. The van der Waals surface area contributed by atoms with Gasteiger partial charge in [-0.3, -0.25) is 9.59 Å². The van der Waals surface area contributed by atoms with E-state index in [1.54, 1.807) is 25.1 Å². The van der Waals surface area contributed by atoms with E-state index in [9.17, 15) is 23.9 Å². The Hall–Kier alpha value is -3.86. The van der Waals surface area contributed by atoms with Crippen molar-refractivity contribution in [2.45, 2.75) is 52.0 Å². The standard InChI is InChI=1S/C19H22N4O5.C8H10FN/c1-28-17(27)19-6-3-18(4-7-19,5-8-19)11-20-15(24)13-10-12(16(25)26)22-14-2-9-21-23(13)14;1-6-4-7(5-10)2-3-8(6)9/h2,9-10H,3-8,11H2,1H3,(H,20,24)(H,25,26);2-4H,5,10H2,1H3. The molecular formula is C27H32FN5O5. The normalized spacial score (nSPS) is 21.9. The summed E-state index contributed by atoms with van der Waals surface area (Å²) in [6.07, 6.45) is 6.37. The number of carboxylic acid groups (broad SMARTS) is 1. The molecule has 0 unspecified atom stereocenters. The maximum Gasteiger partial charge on any atom is 0.354 e. The Morgan fingerprint density at radius 3 is 2.39 bits per heavy atom. The summed E-state index contributed by atoms with van der Waals surface area (Å²) in [6, 6.07) is 7.69. The average molecular weight is 526 g/mol. The van der Waals surface area contributed by atoms with E-state index < -0.39 is 5.97 Å². The van der Waals surface area contributed by atoms with Gasteiger partial charge in [0.2, 0.25) is 0 Å². The highest BCUT2D eigenvalue weighted by molar-refractivity contribution is 5.96. The Labute approximate surface area is 219 Å². The van der Waals surface area contributed by atoms with Gasteiger partial charge in [0, 0.05) is 25.2 Å². The van der Waals surface area contributed by atoms with Crippen molar-refractivity contribution in [1.29, 1.82) is 0 Å². The first-order chi connectivity index (χ1) is 18.1. The Balaban J connectivity index is 0.000000283. The molecule has 11 heteroatoms. The van der Waals surface area contributed by atoms with Gasteiger partial charge in [0.15, 0.2) is 11.3 Å². The lowest BCUT2D eigenvalue weighted by molar-refractivity contribution is -0.162. The van der Waals surface area contributed by atoms with Crippen LogP contribution in [0.3, 0.4) is 0 Å². The summed E-state index contributed by atoms with van der Waals surface area (Å²) in [5.74, 6) is -1.88. The van der Waals surface area contributed by atoms with E-state index in [4.69, 9.17) is 10.5 Å². The molecule has 3 aromatic rings. The van der Waals surface area contributed by atoms with Crippen molar-refractivity contribution in [1.82, 2.24) is 19.9 Å². The lowest BCUT2D eigenvalue weighted by Gasteiger charge is -2.51. The molecule has 6 rings (SSSR count). The zero-order valence-corrected chi connectivity index (χ0v) is 21.5. The molecule has 0 saturated heterocycles. The van der Waals surface area contributed by atoms with Crippen LogP contribution in [-0.4, -0.2) is 51.2 Å². The zero-order chi connectivity index (χ0) is 27.5. The number of nitrogens with one attached hydrogen (secondary N) is 1. The molecule has 1 amide bonds. The number of methoxy groups -OCH3 is 1. The Kier molecular flexibility index (Phi) is 7.77. The minimum atomic E-state index is -1.20. The summed E-state index contributed by atoms with van der Waals surface area (Å²) >= 11 is 0. The van der Waals surface area contributed by atoms with E-state index in [0.29, 0.717) is 24.3 Å². The molecule has 3 fully saturated rings. The quantitative estimate of drug-likeness (QED) is 0.415. The van der Waals surface area contributed by atoms with E-state index in [1.165, 1.54) is 30.0 Å². The molecule has 2 aromatic heterocycles. The fraction of sp³-hybridized carbons (Fsp3) is 0.444. The molecule has 0 aliphatic heterocycles. The number of halogens is 1. The average Bonchev–Trinajstić information content (AvgIpc) is 3.42. The van der Waals surface area contributed by atoms with Gasteiger partial charge in [-0.05, 0) is 68.1 Å². The molecule has 2 bridgehead atoms. The van der Waals surface area contributed by atoms with Crippen LogP contribution in [0.1, 0.15) is 70.6 Å². The summed E-state index contributed by atoms with van der Waals surface area (Å²) in [6.45, 7) is 2.69. The van der Waals surface area contributed by atoms with Gasteiger partial charge < -0.3 is 20.9 Å². The van der Waals surface area contributed by atoms with Crippen LogP contribution in [0, 0.1) is 23.6 Å². The second kappa shape index (κ2) is 10.9. The van der Waals surface area contributed by atoms with Gasteiger partial charge >= 0.3 is 11.9 Å². The van der Waals surface area contributed by atoms with Crippen LogP contribution in [0.5, 0.6) is 0 Å². The number of nitrogens with zero attached hydrogens (tertiary/aromatic N) is 3. The maximum absolute atomic E-state index is 12.8. The monoisotopic (exact) mass is 525 g/mol. The largest absolute Gasteiger partial charge is 0.477 e. The number of aromatic carboxylic acids is 1. The third kappa shape index (κ3) is 5.38. The van der Waals surface area contributed by atoms with Crippen molar-refractivity contribution in [2.24, 2.45) is 16.6 Å². The van der Waals surface area contributed by atoms with Crippen LogP contribution < -0.4 is 11.1 Å². The van der Waals surface area contributed by atoms with Crippen molar-refractivity contribution in [2.75, 3.05) is 13.7 Å². The van der Waals surface area contributed by atoms with E-state index in [0.717, 1.165) is 44.1 Å². The number of fused-ring (bicyclic) bond motifs is 4. The second-order valence-corrected chi connectivity index (χ2v) is 10.2. The molecule has 0 atom stereocenters. The number of rotatable bonds is 6. The highest BCUT2D eigenvalue weighted by atomic mass is 19.1. The number of carbonyl (C=O) groups is 3. The number of ether oxygens (including phenoxy) is 1. The third-order valence-electron chi connectivity index (χ3n) is 7.91. The topological polar surface area (TPSA) is 149 Å². The number of benzene rings is 1. The minimum absolute atomic E-state index is 0.0304. The van der Waals surface area contributed by atoms with E-state index in [2.05, 4.69) is 15.4 Å². The Morgan fingerprint density at radius 2 is 1.82 bits per heavy atom. The fourth-order valence-electron chi connectivity index (χ4n) is 5.43. The number of aromatic nitrogens is 3. The lowest BCUT2D eigenvalue weighted by atomic mass is 9.53. The molecule has 0 radical (unpaired) electrons. The summed E-state index contributed by atoms with van der Waals surface area (Å²) in [4.78, 5) is 40.2. The molecule has 202 valence electrons. The highest BCUT2D eigenvalue weighted by Crippen LogP contribution is 2.57. The van der Waals surface area contributed by atoms with Gasteiger partial charge in [-0.2, -0.15) is 5.10 Å². The van der Waals surface area contributed by atoms with Crippen LogP contribution in [0.25, 0.3) is 5.65 Å². The maximum atomic E-state index is 12.8. The Bertz CT molecular complexity index is 1350. The molecule has 38 heavy (non-hydrogen) atoms. The predicted octanol–water partition coefficient (Wildman–Crippen LogP) is 3.26. The molecule has 4 N–H and O–H groups in total. The third-order valence-corrected chi connectivity index (χ3v) is 7.91. The fourth-order valence-corrected chi connectivity index (χ4v) is 5.43. The first-order valence-corrected chi connectivity index (χ1v) is 12.5. The molecule has 3 aliphatic carbocycles. The van der Waals surface area contributed by atoms with Crippen molar-refractivity contribution in [3.8, 4) is 0 Å². The summed E-state index contributed by atoms with van der Waals surface area (Å²) < 4.78 is 18.9. The van der Waals surface area contributed by atoms with Gasteiger partial charge in [0.25, 0.3) is 5.91 Å². The minimum Gasteiger partial charge on any atom is -0.477 e. The van der Waals surface area contributed by atoms with Gasteiger partial charge in [0.1, 0.15) is 11.5 Å². The number of hydrogen-bond donors (Lipinski definition) is 3.